The number of carbonyl (C=O) groups excluding carboxylic acids is 1. The smallest absolute Gasteiger partial charge is 0.320 e. The Hall–Kier alpha value is -1.56. The molecule has 2 amide bonds. The molecule has 0 saturated carbocycles. The summed E-state index contributed by atoms with van der Waals surface area (Å²) in [4.78, 5) is 17.5. The Labute approximate surface area is 97.5 Å². The highest BCUT2D eigenvalue weighted by molar-refractivity contribution is 7.09. The molecule has 6 heteroatoms. The molecule has 2 rings (SSSR count). The van der Waals surface area contributed by atoms with E-state index in [1.165, 1.54) is 0 Å². The molecule has 0 aliphatic carbocycles. The second kappa shape index (κ2) is 4.98. The van der Waals surface area contributed by atoms with E-state index >= 15 is 0 Å². The summed E-state index contributed by atoms with van der Waals surface area (Å²) in [6.07, 6.45) is 0.694. The molecular weight excluding hydrogens is 226 g/mol. The summed E-state index contributed by atoms with van der Waals surface area (Å²) in [7, 11) is 0. The van der Waals surface area contributed by atoms with Gasteiger partial charge in [0.1, 0.15) is 6.10 Å². The SMILES string of the molecule is CC1CC(NC(=O)NCc2cccs2)=NO1. The first-order chi connectivity index (χ1) is 7.74. The number of oxime groups is 1. The molecule has 1 aromatic rings. The van der Waals surface area contributed by atoms with E-state index in [0.717, 1.165) is 4.88 Å². The molecule has 0 bridgehead atoms. The summed E-state index contributed by atoms with van der Waals surface area (Å²) in [5.41, 5.74) is 0. The number of amides is 2. The van der Waals surface area contributed by atoms with Crippen molar-refractivity contribution in [2.45, 2.75) is 26.0 Å². The molecule has 2 heterocycles. The quantitative estimate of drug-likeness (QED) is 0.824. The van der Waals surface area contributed by atoms with Crippen LogP contribution in [-0.4, -0.2) is 18.0 Å². The molecule has 86 valence electrons. The van der Waals surface area contributed by atoms with Crippen LogP contribution >= 0.6 is 11.3 Å². The Morgan fingerprint density at radius 3 is 3.25 bits per heavy atom. The average molecular weight is 239 g/mol. The predicted octanol–water partition coefficient (Wildman–Crippen LogP) is 1.67. The molecule has 0 fully saturated rings. The second-order valence-electron chi connectivity index (χ2n) is 3.55. The van der Waals surface area contributed by atoms with Gasteiger partial charge in [0.2, 0.25) is 0 Å². The van der Waals surface area contributed by atoms with Crippen LogP contribution in [0.25, 0.3) is 0 Å². The number of nitrogens with zero attached hydrogens (tertiary/aromatic N) is 1. The second-order valence-corrected chi connectivity index (χ2v) is 4.58. The van der Waals surface area contributed by atoms with Crippen LogP contribution in [0, 0.1) is 0 Å². The van der Waals surface area contributed by atoms with Gasteiger partial charge in [-0.3, -0.25) is 5.32 Å². The van der Waals surface area contributed by atoms with E-state index in [1.54, 1.807) is 11.3 Å². The number of urea groups is 1. The fraction of sp³-hybridized carbons (Fsp3) is 0.400. The molecule has 5 nitrogen and oxygen atoms in total. The van der Waals surface area contributed by atoms with Gasteiger partial charge in [0.05, 0.1) is 6.54 Å². The molecule has 0 radical (unpaired) electrons. The van der Waals surface area contributed by atoms with E-state index in [0.29, 0.717) is 18.8 Å². The van der Waals surface area contributed by atoms with Crippen molar-refractivity contribution in [2.24, 2.45) is 5.16 Å². The first-order valence-electron chi connectivity index (χ1n) is 5.04. The molecule has 1 atom stereocenters. The zero-order chi connectivity index (χ0) is 11.4. The van der Waals surface area contributed by atoms with Gasteiger partial charge in [-0.15, -0.1) is 11.3 Å². The number of hydrogen-bond donors (Lipinski definition) is 2. The Kier molecular flexibility index (Phi) is 3.40. The van der Waals surface area contributed by atoms with Crippen molar-refractivity contribution in [1.29, 1.82) is 0 Å². The van der Waals surface area contributed by atoms with Crippen molar-refractivity contribution in [2.75, 3.05) is 0 Å². The van der Waals surface area contributed by atoms with E-state index in [-0.39, 0.29) is 12.1 Å². The number of hydrogen-bond acceptors (Lipinski definition) is 4. The van der Waals surface area contributed by atoms with Crippen molar-refractivity contribution >= 4 is 23.2 Å². The fourth-order valence-corrected chi connectivity index (χ4v) is 1.97. The maximum atomic E-state index is 11.4. The average Bonchev–Trinajstić information content (AvgIpc) is 2.87. The molecule has 1 unspecified atom stereocenters. The maximum Gasteiger partial charge on any atom is 0.320 e. The summed E-state index contributed by atoms with van der Waals surface area (Å²) in [6.45, 7) is 2.44. The number of thiophene rings is 1. The minimum Gasteiger partial charge on any atom is -0.391 e. The van der Waals surface area contributed by atoms with E-state index in [4.69, 9.17) is 4.84 Å². The minimum absolute atomic E-state index is 0.0487. The van der Waals surface area contributed by atoms with Crippen molar-refractivity contribution in [3.05, 3.63) is 22.4 Å². The number of carbonyl (C=O) groups is 1. The molecular formula is C10H13N3O2S. The summed E-state index contributed by atoms with van der Waals surface area (Å²) >= 11 is 1.61. The molecule has 0 saturated heterocycles. The van der Waals surface area contributed by atoms with Gasteiger partial charge in [0.25, 0.3) is 0 Å². The highest BCUT2D eigenvalue weighted by atomic mass is 32.1. The molecule has 0 aromatic carbocycles. The molecule has 1 aromatic heterocycles. The summed E-state index contributed by atoms with van der Waals surface area (Å²) in [6, 6.07) is 3.68. The van der Waals surface area contributed by atoms with Crippen LogP contribution in [0.4, 0.5) is 4.79 Å². The van der Waals surface area contributed by atoms with Crippen molar-refractivity contribution in [3.63, 3.8) is 0 Å². The third-order valence-corrected chi connectivity index (χ3v) is 2.96. The van der Waals surface area contributed by atoms with E-state index in [9.17, 15) is 4.79 Å². The zero-order valence-electron chi connectivity index (χ0n) is 8.90. The topological polar surface area (TPSA) is 62.7 Å². The van der Waals surface area contributed by atoms with Gasteiger partial charge in [-0.1, -0.05) is 11.2 Å². The normalized spacial score (nSPS) is 18.8. The fourth-order valence-electron chi connectivity index (χ4n) is 1.33. The molecule has 16 heavy (non-hydrogen) atoms. The van der Waals surface area contributed by atoms with Crippen LogP contribution in [0.5, 0.6) is 0 Å². The van der Waals surface area contributed by atoms with Crippen LogP contribution in [0.2, 0.25) is 0 Å². The van der Waals surface area contributed by atoms with Crippen LogP contribution in [-0.2, 0) is 11.4 Å². The number of nitrogens with one attached hydrogen (secondary N) is 2. The van der Waals surface area contributed by atoms with Crippen LogP contribution < -0.4 is 10.6 Å². The lowest BCUT2D eigenvalue weighted by molar-refractivity contribution is 0.0995. The minimum atomic E-state index is -0.246. The largest absolute Gasteiger partial charge is 0.391 e. The van der Waals surface area contributed by atoms with Crippen LogP contribution in [0.1, 0.15) is 18.2 Å². The Morgan fingerprint density at radius 2 is 2.62 bits per heavy atom. The lowest BCUT2D eigenvalue weighted by atomic mass is 10.3. The first kappa shape index (κ1) is 10.9. The molecule has 1 aliphatic heterocycles. The van der Waals surface area contributed by atoms with Gasteiger partial charge in [-0.2, -0.15) is 0 Å². The van der Waals surface area contributed by atoms with Gasteiger partial charge in [-0.25, -0.2) is 4.79 Å². The van der Waals surface area contributed by atoms with E-state index in [1.807, 2.05) is 24.4 Å². The monoisotopic (exact) mass is 239 g/mol. The van der Waals surface area contributed by atoms with Crippen LogP contribution in [0.3, 0.4) is 0 Å². The van der Waals surface area contributed by atoms with Crippen molar-refractivity contribution in [1.82, 2.24) is 10.6 Å². The van der Waals surface area contributed by atoms with Gasteiger partial charge < -0.3 is 10.2 Å². The maximum absolute atomic E-state index is 11.4. The van der Waals surface area contributed by atoms with E-state index in [2.05, 4.69) is 15.8 Å². The van der Waals surface area contributed by atoms with Crippen molar-refractivity contribution < 1.29 is 9.63 Å². The third kappa shape index (κ3) is 2.96. The summed E-state index contributed by atoms with van der Waals surface area (Å²) < 4.78 is 0. The Morgan fingerprint density at radius 1 is 1.75 bits per heavy atom. The first-order valence-corrected chi connectivity index (χ1v) is 5.92. The molecule has 1 aliphatic rings. The van der Waals surface area contributed by atoms with Gasteiger partial charge in [-0.05, 0) is 18.4 Å². The predicted molar refractivity (Wildman–Crippen MR) is 62.3 cm³/mol. The summed E-state index contributed by atoms with van der Waals surface area (Å²) in [5.74, 6) is 0.580. The lowest BCUT2D eigenvalue weighted by Gasteiger charge is -2.04. The molecule has 2 N–H and O–H groups in total. The number of amidine groups is 1. The highest BCUT2D eigenvalue weighted by Gasteiger charge is 2.17. The lowest BCUT2D eigenvalue weighted by Crippen LogP contribution is -2.38. The van der Waals surface area contributed by atoms with Crippen molar-refractivity contribution in [3.8, 4) is 0 Å². The van der Waals surface area contributed by atoms with Crippen LogP contribution in [0.15, 0.2) is 22.7 Å². The zero-order valence-corrected chi connectivity index (χ0v) is 9.71. The van der Waals surface area contributed by atoms with Gasteiger partial charge in [0, 0.05) is 11.3 Å². The Bertz CT molecular complexity index is 389. The Balaban J connectivity index is 1.73. The molecule has 0 spiro atoms. The third-order valence-electron chi connectivity index (χ3n) is 2.08. The van der Waals surface area contributed by atoms with Gasteiger partial charge >= 0.3 is 6.03 Å². The summed E-state index contributed by atoms with van der Waals surface area (Å²) in [5, 5.41) is 11.1. The number of rotatable bonds is 2. The van der Waals surface area contributed by atoms with E-state index < -0.39 is 0 Å². The van der Waals surface area contributed by atoms with Gasteiger partial charge in [0.15, 0.2) is 5.84 Å². The standard InChI is InChI=1S/C10H13N3O2S/c1-7-5-9(13-15-7)12-10(14)11-6-8-3-2-4-16-8/h2-4,7H,5-6H2,1H3,(H2,11,12,13,14). The highest BCUT2D eigenvalue weighted by Crippen LogP contribution is 2.08.